The summed E-state index contributed by atoms with van der Waals surface area (Å²) >= 11 is 0. The predicted molar refractivity (Wildman–Crippen MR) is 75.9 cm³/mol. The molecular formula is C13H25N5. The van der Waals surface area contributed by atoms with Crippen molar-refractivity contribution in [3.8, 4) is 0 Å². The van der Waals surface area contributed by atoms with E-state index >= 15 is 0 Å². The molecule has 1 aromatic heterocycles. The van der Waals surface area contributed by atoms with Gasteiger partial charge in [-0.3, -0.25) is 0 Å². The lowest BCUT2D eigenvalue weighted by Gasteiger charge is -2.17. The third-order valence-electron chi connectivity index (χ3n) is 2.79. The molecule has 0 spiro atoms. The van der Waals surface area contributed by atoms with Crippen LogP contribution in [0.5, 0.6) is 0 Å². The molecule has 0 bridgehead atoms. The number of nitrogens with one attached hydrogen (secondary N) is 1. The van der Waals surface area contributed by atoms with Crippen molar-refractivity contribution in [1.82, 2.24) is 15.2 Å². The average molecular weight is 251 g/mol. The summed E-state index contributed by atoms with van der Waals surface area (Å²) in [5, 5.41) is 11.2. The molecule has 0 radical (unpaired) electrons. The van der Waals surface area contributed by atoms with Crippen LogP contribution >= 0.6 is 0 Å². The molecule has 0 unspecified atom stereocenters. The van der Waals surface area contributed by atoms with E-state index in [1.54, 1.807) is 6.20 Å². The molecular weight excluding hydrogens is 226 g/mol. The molecule has 0 saturated carbocycles. The van der Waals surface area contributed by atoms with E-state index in [1.807, 2.05) is 7.05 Å². The van der Waals surface area contributed by atoms with Gasteiger partial charge in [-0.2, -0.15) is 10.1 Å². The molecule has 102 valence electrons. The van der Waals surface area contributed by atoms with E-state index in [2.05, 4.69) is 46.2 Å². The molecule has 5 heteroatoms. The van der Waals surface area contributed by atoms with Gasteiger partial charge in [0.15, 0.2) is 5.82 Å². The Morgan fingerprint density at radius 2 is 2.17 bits per heavy atom. The highest BCUT2D eigenvalue weighted by Gasteiger charge is 2.05. The van der Waals surface area contributed by atoms with Gasteiger partial charge in [-0.25, -0.2) is 0 Å². The van der Waals surface area contributed by atoms with Gasteiger partial charge >= 0.3 is 0 Å². The maximum absolute atomic E-state index is 4.46. The van der Waals surface area contributed by atoms with E-state index in [4.69, 9.17) is 0 Å². The quantitative estimate of drug-likeness (QED) is 0.769. The molecule has 0 saturated heterocycles. The highest BCUT2D eigenvalue weighted by Crippen LogP contribution is 2.10. The smallest absolute Gasteiger partial charge is 0.244 e. The minimum Gasteiger partial charge on any atom is -0.358 e. The van der Waals surface area contributed by atoms with Gasteiger partial charge in [0, 0.05) is 20.1 Å². The highest BCUT2D eigenvalue weighted by molar-refractivity contribution is 5.39. The summed E-state index contributed by atoms with van der Waals surface area (Å²) in [5.74, 6) is 2.18. The lowest BCUT2D eigenvalue weighted by molar-refractivity contribution is 0.605. The lowest BCUT2D eigenvalue weighted by Crippen LogP contribution is -2.21. The number of rotatable bonds is 8. The molecule has 0 amide bonds. The van der Waals surface area contributed by atoms with Gasteiger partial charge in [0.1, 0.15) is 0 Å². The second-order valence-electron chi connectivity index (χ2n) is 5.02. The van der Waals surface area contributed by atoms with E-state index in [1.165, 1.54) is 6.42 Å². The molecule has 1 rings (SSSR count). The summed E-state index contributed by atoms with van der Waals surface area (Å²) in [4.78, 5) is 6.58. The minimum absolute atomic E-state index is 0.622. The monoisotopic (exact) mass is 251 g/mol. The van der Waals surface area contributed by atoms with Crippen LogP contribution in [0.3, 0.4) is 0 Å². The number of unbranched alkanes of at least 4 members (excludes halogenated alkanes) is 1. The molecule has 0 aromatic carbocycles. The number of nitrogens with zero attached hydrogens (tertiary/aromatic N) is 4. The SMILES string of the molecule is CCCCN(C)c1cnnc(NCCC(C)C)n1. The van der Waals surface area contributed by atoms with E-state index in [-0.39, 0.29) is 0 Å². The van der Waals surface area contributed by atoms with E-state index in [0.29, 0.717) is 11.9 Å². The van der Waals surface area contributed by atoms with Crippen molar-refractivity contribution in [3.05, 3.63) is 6.20 Å². The summed E-state index contributed by atoms with van der Waals surface area (Å²) in [5.41, 5.74) is 0. The maximum Gasteiger partial charge on any atom is 0.244 e. The Morgan fingerprint density at radius 1 is 1.39 bits per heavy atom. The van der Waals surface area contributed by atoms with E-state index < -0.39 is 0 Å². The Labute approximate surface area is 110 Å². The number of hydrogen-bond acceptors (Lipinski definition) is 5. The van der Waals surface area contributed by atoms with E-state index in [0.717, 1.165) is 31.7 Å². The van der Waals surface area contributed by atoms with Gasteiger partial charge < -0.3 is 10.2 Å². The fraction of sp³-hybridized carbons (Fsp3) is 0.769. The van der Waals surface area contributed by atoms with Crippen LogP contribution in [-0.2, 0) is 0 Å². The summed E-state index contributed by atoms with van der Waals surface area (Å²) < 4.78 is 0. The molecule has 0 aliphatic rings. The average Bonchev–Trinajstić information content (AvgIpc) is 2.36. The predicted octanol–water partition coefficient (Wildman–Crippen LogP) is 2.57. The fourth-order valence-electron chi connectivity index (χ4n) is 1.54. The molecule has 1 aromatic rings. The van der Waals surface area contributed by atoms with Crippen molar-refractivity contribution < 1.29 is 0 Å². The van der Waals surface area contributed by atoms with Crippen LogP contribution < -0.4 is 10.2 Å². The Bertz CT molecular complexity index is 340. The molecule has 0 aliphatic heterocycles. The number of aromatic nitrogens is 3. The molecule has 0 atom stereocenters. The topological polar surface area (TPSA) is 53.9 Å². The van der Waals surface area contributed by atoms with Crippen LogP contribution in [0.15, 0.2) is 6.20 Å². The summed E-state index contributed by atoms with van der Waals surface area (Å²) in [7, 11) is 2.04. The lowest BCUT2D eigenvalue weighted by atomic mass is 10.1. The Morgan fingerprint density at radius 3 is 2.83 bits per heavy atom. The Kier molecular flexibility index (Phi) is 6.39. The van der Waals surface area contributed by atoms with Crippen molar-refractivity contribution >= 4 is 11.8 Å². The first-order valence-corrected chi connectivity index (χ1v) is 6.78. The minimum atomic E-state index is 0.622. The standard InChI is InChI=1S/C13H25N5/c1-5-6-9-18(4)12-10-15-17-13(16-12)14-8-7-11(2)3/h10-11H,5-9H2,1-4H3,(H,14,16,17). The molecule has 0 aliphatic carbocycles. The molecule has 18 heavy (non-hydrogen) atoms. The normalized spacial score (nSPS) is 10.7. The van der Waals surface area contributed by atoms with Gasteiger partial charge in [-0.15, -0.1) is 5.10 Å². The van der Waals surface area contributed by atoms with E-state index in [9.17, 15) is 0 Å². The van der Waals surface area contributed by atoms with Gasteiger partial charge in [0.25, 0.3) is 0 Å². The van der Waals surface area contributed by atoms with Crippen molar-refractivity contribution in [2.45, 2.75) is 40.0 Å². The third kappa shape index (κ3) is 5.29. The molecule has 1 N–H and O–H groups in total. The van der Waals surface area contributed by atoms with Crippen molar-refractivity contribution in [2.24, 2.45) is 5.92 Å². The molecule has 0 fully saturated rings. The molecule has 5 nitrogen and oxygen atoms in total. The van der Waals surface area contributed by atoms with Crippen LogP contribution in [0.4, 0.5) is 11.8 Å². The maximum atomic E-state index is 4.46. The Balaban J connectivity index is 2.50. The zero-order valence-corrected chi connectivity index (χ0v) is 12.0. The summed E-state index contributed by atoms with van der Waals surface area (Å²) in [6.07, 6.45) is 5.17. The second-order valence-corrected chi connectivity index (χ2v) is 5.02. The largest absolute Gasteiger partial charge is 0.358 e. The summed E-state index contributed by atoms with van der Waals surface area (Å²) in [6.45, 7) is 8.48. The zero-order chi connectivity index (χ0) is 13.4. The second kappa shape index (κ2) is 7.84. The van der Waals surface area contributed by atoms with Crippen molar-refractivity contribution in [2.75, 3.05) is 30.4 Å². The number of anilines is 2. The first-order valence-electron chi connectivity index (χ1n) is 6.78. The first-order chi connectivity index (χ1) is 8.63. The Hall–Kier alpha value is -1.39. The van der Waals surface area contributed by atoms with Crippen LogP contribution in [-0.4, -0.2) is 35.3 Å². The van der Waals surface area contributed by atoms with Crippen LogP contribution in [0, 0.1) is 5.92 Å². The van der Waals surface area contributed by atoms with Crippen LogP contribution in [0.1, 0.15) is 40.0 Å². The van der Waals surface area contributed by atoms with Gasteiger partial charge in [-0.05, 0) is 18.8 Å². The van der Waals surface area contributed by atoms with Crippen LogP contribution in [0.25, 0.3) is 0 Å². The third-order valence-corrected chi connectivity index (χ3v) is 2.79. The summed E-state index contributed by atoms with van der Waals surface area (Å²) in [6, 6.07) is 0. The zero-order valence-electron chi connectivity index (χ0n) is 12.0. The van der Waals surface area contributed by atoms with Gasteiger partial charge in [-0.1, -0.05) is 27.2 Å². The van der Waals surface area contributed by atoms with Crippen LogP contribution in [0.2, 0.25) is 0 Å². The van der Waals surface area contributed by atoms with Crippen molar-refractivity contribution in [3.63, 3.8) is 0 Å². The van der Waals surface area contributed by atoms with Gasteiger partial charge in [0.2, 0.25) is 5.95 Å². The number of hydrogen-bond donors (Lipinski definition) is 1. The van der Waals surface area contributed by atoms with Gasteiger partial charge in [0.05, 0.1) is 6.20 Å². The van der Waals surface area contributed by atoms with Crippen molar-refractivity contribution in [1.29, 1.82) is 0 Å². The first kappa shape index (κ1) is 14.7. The molecule has 1 heterocycles. The highest BCUT2D eigenvalue weighted by atomic mass is 15.3. The fourth-order valence-corrected chi connectivity index (χ4v) is 1.54.